The summed E-state index contributed by atoms with van der Waals surface area (Å²) in [5.41, 5.74) is 1.55. The van der Waals surface area contributed by atoms with Gasteiger partial charge < -0.3 is 9.84 Å². The van der Waals surface area contributed by atoms with Crippen LogP contribution in [0, 0.1) is 0 Å². The van der Waals surface area contributed by atoms with E-state index in [1.54, 1.807) is 0 Å². The molecule has 0 fully saturated rings. The van der Waals surface area contributed by atoms with E-state index in [2.05, 4.69) is 13.8 Å². The number of benzene rings is 1. The summed E-state index contributed by atoms with van der Waals surface area (Å²) in [7, 11) is 0. The van der Waals surface area contributed by atoms with Gasteiger partial charge in [0.2, 0.25) is 0 Å². The van der Waals surface area contributed by atoms with Crippen molar-refractivity contribution >= 4 is 5.97 Å². The van der Waals surface area contributed by atoms with Crippen LogP contribution in [0.4, 0.5) is 0 Å². The number of rotatable bonds is 2. The molecule has 98 valence electrons. The third-order valence-electron chi connectivity index (χ3n) is 3.46. The molecule has 3 heteroatoms. The molecule has 18 heavy (non-hydrogen) atoms. The Hall–Kier alpha value is -1.51. The van der Waals surface area contributed by atoms with E-state index in [9.17, 15) is 9.90 Å². The molecule has 1 unspecified atom stereocenters. The number of carboxylic acid groups (broad SMARTS) is 1. The van der Waals surface area contributed by atoms with Crippen LogP contribution in [0.25, 0.3) is 0 Å². The minimum atomic E-state index is -0.770. The summed E-state index contributed by atoms with van der Waals surface area (Å²) < 4.78 is 5.87. The molecule has 1 heterocycles. The number of carbonyl (C=O) groups is 1. The molecule has 0 aromatic heterocycles. The minimum absolute atomic E-state index is 0.389. The number of ether oxygens (including phenoxy) is 1. The van der Waals surface area contributed by atoms with Gasteiger partial charge in [-0.1, -0.05) is 26.0 Å². The van der Waals surface area contributed by atoms with Crippen LogP contribution < -0.4 is 4.74 Å². The van der Waals surface area contributed by atoms with Crippen LogP contribution in [0.1, 0.15) is 57.1 Å². The van der Waals surface area contributed by atoms with Crippen molar-refractivity contribution in [2.24, 2.45) is 0 Å². The molecule has 1 aliphatic rings. The Bertz CT molecular complexity index is 475. The molecule has 0 radical (unpaired) electrons. The van der Waals surface area contributed by atoms with Crippen molar-refractivity contribution in [3.63, 3.8) is 0 Å². The molecule has 0 amide bonds. The van der Waals surface area contributed by atoms with Gasteiger partial charge in [0.1, 0.15) is 11.4 Å². The van der Waals surface area contributed by atoms with Crippen molar-refractivity contribution in [2.75, 3.05) is 0 Å². The van der Waals surface area contributed by atoms with Gasteiger partial charge in [-0.2, -0.15) is 0 Å². The predicted octanol–water partition coefficient (Wildman–Crippen LogP) is 3.54. The van der Waals surface area contributed by atoms with E-state index in [1.807, 2.05) is 32.0 Å². The first-order valence-electron chi connectivity index (χ1n) is 6.36. The fourth-order valence-electron chi connectivity index (χ4n) is 2.45. The zero-order valence-electron chi connectivity index (χ0n) is 11.4. The maximum atomic E-state index is 11.4. The highest BCUT2D eigenvalue weighted by Gasteiger charge is 2.37. The maximum Gasteiger partial charge on any atom is 0.311 e. The quantitative estimate of drug-likeness (QED) is 0.870. The minimum Gasteiger partial charge on any atom is -0.488 e. The molecule has 1 aromatic carbocycles. The molecular formula is C15H20O3. The Balaban J connectivity index is 2.50. The average Bonchev–Trinajstić information content (AvgIpc) is 2.25. The number of aliphatic carboxylic acids is 1. The van der Waals surface area contributed by atoms with Gasteiger partial charge in [0, 0.05) is 12.0 Å². The first-order chi connectivity index (χ1) is 8.30. The monoisotopic (exact) mass is 248 g/mol. The highest BCUT2D eigenvalue weighted by Crippen LogP contribution is 2.42. The van der Waals surface area contributed by atoms with Crippen molar-refractivity contribution < 1.29 is 14.6 Å². The number of carboxylic acids is 1. The predicted molar refractivity (Wildman–Crippen MR) is 70.2 cm³/mol. The SMILES string of the molecule is CC(C)c1ccc2c(c1)C(C(=O)O)CC(C)(C)O2. The van der Waals surface area contributed by atoms with Crippen molar-refractivity contribution in [3.05, 3.63) is 29.3 Å². The lowest BCUT2D eigenvalue weighted by Crippen LogP contribution is -2.37. The Kier molecular flexibility index (Phi) is 3.09. The lowest BCUT2D eigenvalue weighted by molar-refractivity contribution is -0.140. The molecule has 0 saturated carbocycles. The van der Waals surface area contributed by atoms with Gasteiger partial charge in [0.05, 0.1) is 5.92 Å². The molecule has 1 atom stereocenters. The van der Waals surface area contributed by atoms with E-state index in [4.69, 9.17) is 4.74 Å². The summed E-state index contributed by atoms with van der Waals surface area (Å²) in [5.74, 6) is -0.140. The smallest absolute Gasteiger partial charge is 0.311 e. The summed E-state index contributed by atoms with van der Waals surface area (Å²) in [5, 5.41) is 9.39. The van der Waals surface area contributed by atoms with Gasteiger partial charge in [-0.15, -0.1) is 0 Å². The fourth-order valence-corrected chi connectivity index (χ4v) is 2.45. The highest BCUT2D eigenvalue weighted by molar-refractivity contribution is 5.78. The molecule has 1 N–H and O–H groups in total. The fraction of sp³-hybridized carbons (Fsp3) is 0.533. The molecule has 3 nitrogen and oxygen atoms in total. The second kappa shape index (κ2) is 4.30. The third-order valence-corrected chi connectivity index (χ3v) is 3.46. The standard InChI is InChI=1S/C15H20O3/c1-9(2)10-5-6-13-11(7-10)12(14(16)17)8-15(3,4)18-13/h5-7,9,12H,8H2,1-4H3,(H,16,17). The topological polar surface area (TPSA) is 46.5 Å². The van der Waals surface area contributed by atoms with Crippen molar-refractivity contribution in [3.8, 4) is 5.75 Å². The molecule has 1 aromatic rings. The Morgan fingerprint density at radius 2 is 2.11 bits per heavy atom. The summed E-state index contributed by atoms with van der Waals surface area (Å²) in [6, 6.07) is 5.90. The van der Waals surface area contributed by atoms with Crippen molar-refractivity contribution in [1.29, 1.82) is 0 Å². The third kappa shape index (κ3) is 2.35. The van der Waals surface area contributed by atoms with Crippen LogP contribution in [0.2, 0.25) is 0 Å². The van der Waals surface area contributed by atoms with E-state index in [0.717, 1.165) is 11.1 Å². The largest absolute Gasteiger partial charge is 0.488 e. The second-order valence-electron chi connectivity index (χ2n) is 5.91. The molecule has 2 rings (SSSR count). The molecule has 0 spiro atoms. The van der Waals surface area contributed by atoms with E-state index in [0.29, 0.717) is 18.1 Å². The van der Waals surface area contributed by atoms with Gasteiger partial charge in [-0.05, 0) is 31.4 Å². The van der Waals surface area contributed by atoms with Crippen LogP contribution in [0.15, 0.2) is 18.2 Å². The first kappa shape index (κ1) is 12.9. The van der Waals surface area contributed by atoms with E-state index >= 15 is 0 Å². The number of fused-ring (bicyclic) bond motifs is 1. The van der Waals surface area contributed by atoms with Crippen LogP contribution in [0.3, 0.4) is 0 Å². The zero-order valence-corrected chi connectivity index (χ0v) is 11.4. The van der Waals surface area contributed by atoms with Gasteiger partial charge >= 0.3 is 5.97 Å². The van der Waals surface area contributed by atoms with Crippen molar-refractivity contribution in [2.45, 2.75) is 51.6 Å². The number of hydrogen-bond donors (Lipinski definition) is 1. The van der Waals surface area contributed by atoms with Crippen LogP contribution in [-0.2, 0) is 4.79 Å². The molecule has 1 aliphatic heterocycles. The van der Waals surface area contributed by atoms with Gasteiger partial charge in [-0.3, -0.25) is 4.79 Å². The van der Waals surface area contributed by atoms with Gasteiger partial charge in [-0.25, -0.2) is 0 Å². The first-order valence-corrected chi connectivity index (χ1v) is 6.36. The Labute approximate surface area is 108 Å². The van der Waals surface area contributed by atoms with Crippen LogP contribution in [-0.4, -0.2) is 16.7 Å². The van der Waals surface area contributed by atoms with Crippen LogP contribution >= 0.6 is 0 Å². The average molecular weight is 248 g/mol. The summed E-state index contributed by atoms with van der Waals surface area (Å²) >= 11 is 0. The van der Waals surface area contributed by atoms with Crippen LogP contribution in [0.5, 0.6) is 5.75 Å². The van der Waals surface area contributed by atoms with Gasteiger partial charge in [0.25, 0.3) is 0 Å². The molecule has 0 aliphatic carbocycles. The Morgan fingerprint density at radius 1 is 1.44 bits per heavy atom. The van der Waals surface area contributed by atoms with E-state index < -0.39 is 17.5 Å². The van der Waals surface area contributed by atoms with Gasteiger partial charge in [0.15, 0.2) is 0 Å². The molecule has 0 bridgehead atoms. The second-order valence-corrected chi connectivity index (χ2v) is 5.91. The highest BCUT2D eigenvalue weighted by atomic mass is 16.5. The lowest BCUT2D eigenvalue weighted by Gasteiger charge is -2.36. The zero-order chi connectivity index (χ0) is 13.5. The van der Waals surface area contributed by atoms with E-state index in [-0.39, 0.29) is 0 Å². The summed E-state index contributed by atoms with van der Waals surface area (Å²) in [6.45, 7) is 8.07. The molecule has 0 saturated heterocycles. The summed E-state index contributed by atoms with van der Waals surface area (Å²) in [6.07, 6.45) is 0.511. The Morgan fingerprint density at radius 3 is 2.67 bits per heavy atom. The molecular weight excluding hydrogens is 228 g/mol. The lowest BCUT2D eigenvalue weighted by atomic mass is 9.83. The normalized spacial score (nSPS) is 21.3. The van der Waals surface area contributed by atoms with E-state index in [1.165, 1.54) is 0 Å². The maximum absolute atomic E-state index is 11.4. The number of hydrogen-bond acceptors (Lipinski definition) is 2. The van der Waals surface area contributed by atoms with Crippen molar-refractivity contribution in [1.82, 2.24) is 0 Å². The summed E-state index contributed by atoms with van der Waals surface area (Å²) in [4.78, 5) is 11.4.